The van der Waals surface area contributed by atoms with Gasteiger partial charge in [0, 0.05) is 6.42 Å². The van der Waals surface area contributed by atoms with Crippen LogP contribution in [0.2, 0.25) is 0 Å². The molecule has 0 aliphatic carbocycles. The maximum absolute atomic E-state index is 12.1. The van der Waals surface area contributed by atoms with Crippen LogP contribution in [0, 0.1) is 0 Å². The topological polar surface area (TPSA) is 49.3 Å². The average Bonchev–Trinajstić information content (AvgIpc) is 2.55. The Morgan fingerprint density at radius 1 is 1.18 bits per heavy atom. The number of nitrogens with one attached hydrogen (secondary N) is 1. The summed E-state index contributed by atoms with van der Waals surface area (Å²) < 4.78 is 0. The molecule has 2 rings (SSSR count). The Morgan fingerprint density at radius 3 is 2.59 bits per heavy atom. The van der Waals surface area contributed by atoms with Crippen LogP contribution in [0.25, 0.3) is 0 Å². The number of aromatic hydroxyl groups is 1. The fraction of sp³-hybridized carbons (Fsp3) is 0.316. The van der Waals surface area contributed by atoms with E-state index >= 15 is 0 Å². The molecule has 22 heavy (non-hydrogen) atoms. The number of carbonyl (C=O) groups excluding carboxylic acids is 1. The van der Waals surface area contributed by atoms with Crippen LogP contribution < -0.4 is 5.32 Å². The second-order valence-electron chi connectivity index (χ2n) is 5.62. The molecule has 3 nitrogen and oxygen atoms in total. The first kappa shape index (κ1) is 16.1. The van der Waals surface area contributed by atoms with Crippen molar-refractivity contribution in [1.82, 2.24) is 0 Å². The molecule has 0 unspecified atom stereocenters. The number of amides is 1. The molecule has 0 aromatic heterocycles. The molecule has 0 aliphatic heterocycles. The van der Waals surface area contributed by atoms with Crippen molar-refractivity contribution in [3.63, 3.8) is 0 Å². The van der Waals surface area contributed by atoms with Gasteiger partial charge in [-0.3, -0.25) is 4.79 Å². The summed E-state index contributed by atoms with van der Waals surface area (Å²) >= 11 is 0. The van der Waals surface area contributed by atoms with Gasteiger partial charge in [0.2, 0.25) is 5.91 Å². The van der Waals surface area contributed by atoms with Crippen molar-refractivity contribution in [2.24, 2.45) is 0 Å². The van der Waals surface area contributed by atoms with E-state index in [0.29, 0.717) is 24.4 Å². The molecule has 2 N–H and O–H groups in total. The van der Waals surface area contributed by atoms with Crippen molar-refractivity contribution >= 4 is 11.6 Å². The third kappa shape index (κ3) is 4.35. The van der Waals surface area contributed by atoms with E-state index in [9.17, 15) is 9.90 Å². The van der Waals surface area contributed by atoms with Crippen molar-refractivity contribution in [2.45, 2.75) is 39.0 Å². The van der Waals surface area contributed by atoms with Crippen molar-refractivity contribution in [2.75, 3.05) is 5.32 Å². The van der Waals surface area contributed by atoms with Crippen molar-refractivity contribution in [1.29, 1.82) is 0 Å². The van der Waals surface area contributed by atoms with Gasteiger partial charge in [-0.1, -0.05) is 50.2 Å². The van der Waals surface area contributed by atoms with Gasteiger partial charge < -0.3 is 10.4 Å². The van der Waals surface area contributed by atoms with E-state index in [1.54, 1.807) is 6.07 Å². The van der Waals surface area contributed by atoms with E-state index in [1.807, 2.05) is 42.5 Å². The minimum Gasteiger partial charge on any atom is -0.506 e. The van der Waals surface area contributed by atoms with Crippen molar-refractivity contribution < 1.29 is 9.90 Å². The normalized spacial score (nSPS) is 11.9. The van der Waals surface area contributed by atoms with E-state index < -0.39 is 0 Å². The zero-order valence-corrected chi connectivity index (χ0v) is 13.2. The summed E-state index contributed by atoms with van der Waals surface area (Å²) in [7, 11) is 0. The number of phenolic OH excluding ortho intramolecular Hbond substituents is 1. The van der Waals surface area contributed by atoms with Gasteiger partial charge in [0.05, 0.1) is 5.69 Å². The Hall–Kier alpha value is -2.29. The molecule has 2 aromatic carbocycles. The van der Waals surface area contributed by atoms with E-state index in [-0.39, 0.29) is 11.7 Å². The first-order chi connectivity index (χ1) is 10.6. The van der Waals surface area contributed by atoms with Crippen LogP contribution in [0.15, 0.2) is 48.5 Å². The van der Waals surface area contributed by atoms with Crippen LogP contribution in [-0.2, 0) is 11.2 Å². The van der Waals surface area contributed by atoms with Crippen molar-refractivity contribution in [3.05, 3.63) is 59.7 Å². The molecule has 0 fully saturated rings. The van der Waals surface area contributed by atoms with E-state index in [4.69, 9.17) is 0 Å². The van der Waals surface area contributed by atoms with Crippen LogP contribution >= 0.6 is 0 Å². The van der Waals surface area contributed by atoms with Crippen LogP contribution in [-0.4, -0.2) is 11.0 Å². The number of benzene rings is 2. The molecule has 0 heterocycles. The van der Waals surface area contributed by atoms with Crippen LogP contribution in [0.5, 0.6) is 5.75 Å². The van der Waals surface area contributed by atoms with Crippen LogP contribution in [0.1, 0.15) is 43.7 Å². The van der Waals surface area contributed by atoms with E-state index in [0.717, 1.165) is 17.5 Å². The molecular formula is C19H23NO2. The highest BCUT2D eigenvalue weighted by Gasteiger charge is 2.10. The molecule has 2 aromatic rings. The number of phenols is 1. The summed E-state index contributed by atoms with van der Waals surface area (Å²) in [5.74, 6) is 0.432. The number of rotatable bonds is 6. The highest BCUT2D eigenvalue weighted by atomic mass is 16.3. The Morgan fingerprint density at radius 2 is 1.91 bits per heavy atom. The minimum atomic E-state index is -0.0829. The maximum Gasteiger partial charge on any atom is 0.224 e. The molecule has 0 saturated heterocycles. The maximum atomic E-state index is 12.1. The minimum absolute atomic E-state index is 0.0829. The lowest BCUT2D eigenvalue weighted by atomic mass is 9.98. The predicted octanol–water partition coefficient (Wildman–Crippen LogP) is 4.48. The first-order valence-corrected chi connectivity index (χ1v) is 7.76. The molecule has 0 bridgehead atoms. The molecule has 0 radical (unpaired) electrons. The Labute approximate surface area is 132 Å². The quantitative estimate of drug-likeness (QED) is 0.772. The standard InChI is InChI=1S/C19H23NO2/c1-3-14(2)16-10-11-18(21)17(13-16)20-19(22)12-9-15-7-5-4-6-8-15/h4-8,10-11,13-14,21H,3,9,12H2,1-2H3,(H,20,22)/t14-/m0/s1. The van der Waals surface area contributed by atoms with E-state index in [2.05, 4.69) is 19.2 Å². The Kier molecular flexibility index (Phi) is 5.59. The molecule has 1 atom stereocenters. The number of anilines is 1. The number of aryl methyl sites for hydroxylation is 1. The zero-order valence-electron chi connectivity index (χ0n) is 13.2. The first-order valence-electron chi connectivity index (χ1n) is 7.76. The van der Waals surface area contributed by atoms with Gasteiger partial charge in [-0.15, -0.1) is 0 Å². The molecule has 0 spiro atoms. The smallest absolute Gasteiger partial charge is 0.224 e. The average molecular weight is 297 g/mol. The van der Waals surface area contributed by atoms with E-state index in [1.165, 1.54) is 0 Å². The van der Waals surface area contributed by atoms with Gasteiger partial charge in [-0.25, -0.2) is 0 Å². The summed E-state index contributed by atoms with van der Waals surface area (Å²) in [6.07, 6.45) is 2.11. The zero-order chi connectivity index (χ0) is 15.9. The van der Waals surface area contributed by atoms with Crippen molar-refractivity contribution in [3.8, 4) is 5.75 Å². The Bertz CT molecular complexity index is 623. The number of carbonyl (C=O) groups is 1. The molecule has 0 saturated carbocycles. The SMILES string of the molecule is CC[C@H](C)c1ccc(O)c(NC(=O)CCc2ccccc2)c1. The second-order valence-corrected chi connectivity index (χ2v) is 5.62. The molecule has 0 aliphatic rings. The lowest BCUT2D eigenvalue weighted by molar-refractivity contribution is -0.116. The summed E-state index contributed by atoms with van der Waals surface area (Å²) in [4.78, 5) is 12.1. The highest BCUT2D eigenvalue weighted by molar-refractivity contribution is 5.92. The van der Waals surface area contributed by atoms with Gasteiger partial charge in [-0.05, 0) is 42.0 Å². The summed E-state index contributed by atoms with van der Waals surface area (Å²) in [5.41, 5.74) is 2.75. The largest absolute Gasteiger partial charge is 0.506 e. The van der Waals surface area contributed by atoms with Crippen LogP contribution in [0.4, 0.5) is 5.69 Å². The fourth-order valence-electron chi connectivity index (χ4n) is 2.31. The third-order valence-electron chi connectivity index (χ3n) is 3.96. The van der Waals surface area contributed by atoms with Gasteiger partial charge >= 0.3 is 0 Å². The lowest BCUT2D eigenvalue weighted by Gasteiger charge is -2.13. The van der Waals surface area contributed by atoms with Gasteiger partial charge in [0.25, 0.3) is 0 Å². The lowest BCUT2D eigenvalue weighted by Crippen LogP contribution is -2.12. The second kappa shape index (κ2) is 7.64. The van der Waals surface area contributed by atoms with Gasteiger partial charge in [0.15, 0.2) is 0 Å². The molecular weight excluding hydrogens is 274 g/mol. The molecule has 116 valence electrons. The monoisotopic (exact) mass is 297 g/mol. The predicted molar refractivity (Wildman–Crippen MR) is 90.2 cm³/mol. The molecule has 3 heteroatoms. The Balaban J connectivity index is 1.99. The summed E-state index contributed by atoms with van der Waals surface area (Å²) in [6, 6.07) is 15.3. The summed E-state index contributed by atoms with van der Waals surface area (Å²) in [5, 5.41) is 12.7. The fourth-order valence-corrected chi connectivity index (χ4v) is 2.31. The highest BCUT2D eigenvalue weighted by Crippen LogP contribution is 2.29. The van der Waals surface area contributed by atoms with Gasteiger partial charge in [-0.2, -0.15) is 0 Å². The summed E-state index contributed by atoms with van der Waals surface area (Å²) in [6.45, 7) is 4.25. The molecule has 1 amide bonds. The number of hydrogen-bond acceptors (Lipinski definition) is 2. The van der Waals surface area contributed by atoms with Gasteiger partial charge in [0.1, 0.15) is 5.75 Å². The number of hydrogen-bond donors (Lipinski definition) is 2. The van der Waals surface area contributed by atoms with Crippen LogP contribution in [0.3, 0.4) is 0 Å². The third-order valence-corrected chi connectivity index (χ3v) is 3.96.